The molecule has 1 atom stereocenters. The van der Waals surface area contributed by atoms with Crippen LogP contribution < -0.4 is 11.1 Å². The Balaban J connectivity index is 0.00000484. The third-order valence-electron chi connectivity index (χ3n) is 3.37. The standard InChI is InChI=1S/C15H23N3O4.ClH/c1-22-14(11-16)10-15(19)17-9-3-2-4-12-5-7-13(8-6-12)18(20)21;/h5-8,14H,2-4,9-11,16H2,1H3,(H,17,19);1H. The number of nitro groups is 1. The van der Waals surface area contributed by atoms with Crippen molar-refractivity contribution in [1.82, 2.24) is 5.32 Å². The first-order chi connectivity index (χ1) is 10.6. The van der Waals surface area contributed by atoms with Gasteiger partial charge in [-0.1, -0.05) is 12.1 Å². The molecule has 0 aromatic heterocycles. The maximum absolute atomic E-state index is 11.6. The van der Waals surface area contributed by atoms with Crippen LogP contribution in [0.5, 0.6) is 0 Å². The quantitative estimate of drug-likeness (QED) is 0.382. The number of carbonyl (C=O) groups excluding carboxylic acids is 1. The Kier molecular flexibility index (Phi) is 10.9. The Hall–Kier alpha value is -1.70. The lowest BCUT2D eigenvalue weighted by atomic mass is 10.1. The lowest BCUT2D eigenvalue weighted by Gasteiger charge is -2.12. The predicted octanol–water partition coefficient (Wildman–Crippen LogP) is 1.82. The molecule has 0 radical (unpaired) electrons. The number of carbonyl (C=O) groups is 1. The summed E-state index contributed by atoms with van der Waals surface area (Å²) in [5.41, 5.74) is 6.61. The molecule has 1 unspecified atom stereocenters. The van der Waals surface area contributed by atoms with E-state index in [1.807, 2.05) is 0 Å². The van der Waals surface area contributed by atoms with Crippen LogP contribution >= 0.6 is 12.4 Å². The minimum Gasteiger partial charge on any atom is -0.380 e. The fourth-order valence-electron chi connectivity index (χ4n) is 2.01. The Bertz CT molecular complexity index is 478. The molecule has 0 aliphatic rings. The highest BCUT2D eigenvalue weighted by atomic mass is 35.5. The maximum Gasteiger partial charge on any atom is 0.269 e. The lowest BCUT2D eigenvalue weighted by Crippen LogP contribution is -2.32. The van der Waals surface area contributed by atoms with Crippen molar-refractivity contribution in [3.05, 3.63) is 39.9 Å². The van der Waals surface area contributed by atoms with Crippen LogP contribution in [0.4, 0.5) is 5.69 Å². The Morgan fingerprint density at radius 2 is 2.00 bits per heavy atom. The Labute approximate surface area is 142 Å². The van der Waals surface area contributed by atoms with Crippen LogP contribution in [0.3, 0.4) is 0 Å². The molecular weight excluding hydrogens is 322 g/mol. The van der Waals surface area contributed by atoms with E-state index in [9.17, 15) is 14.9 Å². The summed E-state index contributed by atoms with van der Waals surface area (Å²) in [6.45, 7) is 0.927. The smallest absolute Gasteiger partial charge is 0.269 e. The molecule has 0 heterocycles. The number of rotatable bonds is 10. The Morgan fingerprint density at radius 1 is 1.35 bits per heavy atom. The Morgan fingerprint density at radius 3 is 2.52 bits per heavy atom. The van der Waals surface area contributed by atoms with E-state index < -0.39 is 4.92 Å². The molecule has 0 saturated heterocycles. The molecule has 8 heteroatoms. The zero-order valence-corrected chi connectivity index (χ0v) is 14.0. The molecule has 0 saturated carbocycles. The van der Waals surface area contributed by atoms with Gasteiger partial charge in [-0.15, -0.1) is 12.4 Å². The molecule has 0 spiro atoms. The summed E-state index contributed by atoms with van der Waals surface area (Å²) in [4.78, 5) is 21.7. The molecule has 1 aromatic rings. The number of hydrogen-bond acceptors (Lipinski definition) is 5. The van der Waals surface area contributed by atoms with E-state index in [0.29, 0.717) is 13.1 Å². The number of benzene rings is 1. The molecule has 7 nitrogen and oxygen atoms in total. The van der Waals surface area contributed by atoms with Gasteiger partial charge in [0.1, 0.15) is 0 Å². The maximum atomic E-state index is 11.6. The van der Waals surface area contributed by atoms with Gasteiger partial charge in [0.2, 0.25) is 5.91 Å². The highest BCUT2D eigenvalue weighted by molar-refractivity contribution is 5.85. The van der Waals surface area contributed by atoms with Crippen molar-refractivity contribution in [3.8, 4) is 0 Å². The highest BCUT2D eigenvalue weighted by Gasteiger charge is 2.10. The molecule has 0 aliphatic carbocycles. The number of aryl methyl sites for hydroxylation is 1. The molecule has 1 aromatic carbocycles. The van der Waals surface area contributed by atoms with E-state index in [0.717, 1.165) is 24.8 Å². The lowest BCUT2D eigenvalue weighted by molar-refractivity contribution is -0.384. The second kappa shape index (κ2) is 11.8. The van der Waals surface area contributed by atoms with Gasteiger partial charge in [0.25, 0.3) is 5.69 Å². The minimum absolute atomic E-state index is 0. The topological polar surface area (TPSA) is 107 Å². The van der Waals surface area contributed by atoms with Gasteiger partial charge >= 0.3 is 0 Å². The molecule has 1 rings (SSSR count). The number of unbranched alkanes of at least 4 members (excludes halogenated alkanes) is 1. The number of nitrogens with two attached hydrogens (primary N) is 1. The average Bonchev–Trinajstić information content (AvgIpc) is 2.52. The van der Waals surface area contributed by atoms with E-state index in [-0.39, 0.29) is 36.5 Å². The van der Waals surface area contributed by atoms with Crippen LogP contribution in [-0.4, -0.2) is 37.1 Å². The summed E-state index contributed by atoms with van der Waals surface area (Å²) in [5, 5.41) is 13.4. The summed E-state index contributed by atoms with van der Waals surface area (Å²) in [5.74, 6) is -0.0624. The number of ether oxygens (including phenoxy) is 1. The van der Waals surface area contributed by atoms with E-state index in [2.05, 4.69) is 5.32 Å². The van der Waals surface area contributed by atoms with Gasteiger partial charge in [0.05, 0.1) is 17.4 Å². The van der Waals surface area contributed by atoms with Gasteiger partial charge in [-0.05, 0) is 24.8 Å². The number of amides is 1. The van der Waals surface area contributed by atoms with Crippen LogP contribution in [-0.2, 0) is 16.0 Å². The van der Waals surface area contributed by atoms with Gasteiger partial charge in [-0.3, -0.25) is 14.9 Å². The molecule has 0 bridgehead atoms. The first kappa shape index (κ1) is 21.3. The van der Waals surface area contributed by atoms with E-state index >= 15 is 0 Å². The van der Waals surface area contributed by atoms with Crippen LogP contribution in [0.2, 0.25) is 0 Å². The van der Waals surface area contributed by atoms with Crippen molar-refractivity contribution in [2.24, 2.45) is 5.73 Å². The number of nitrogens with one attached hydrogen (secondary N) is 1. The van der Waals surface area contributed by atoms with Crippen LogP contribution in [0, 0.1) is 10.1 Å². The second-order valence-electron chi connectivity index (χ2n) is 5.03. The minimum atomic E-state index is -0.409. The predicted molar refractivity (Wildman–Crippen MR) is 90.8 cm³/mol. The number of nitro benzene ring substituents is 1. The average molecular weight is 346 g/mol. The highest BCUT2D eigenvalue weighted by Crippen LogP contribution is 2.13. The van der Waals surface area contributed by atoms with Crippen molar-refractivity contribution >= 4 is 24.0 Å². The third-order valence-corrected chi connectivity index (χ3v) is 3.37. The van der Waals surface area contributed by atoms with Crippen molar-refractivity contribution in [3.63, 3.8) is 0 Å². The monoisotopic (exact) mass is 345 g/mol. The number of hydrogen-bond donors (Lipinski definition) is 2. The molecule has 3 N–H and O–H groups in total. The summed E-state index contributed by atoms with van der Waals surface area (Å²) in [7, 11) is 1.54. The van der Waals surface area contributed by atoms with Gasteiger partial charge in [0, 0.05) is 32.3 Å². The van der Waals surface area contributed by atoms with Crippen molar-refractivity contribution in [2.45, 2.75) is 31.8 Å². The van der Waals surface area contributed by atoms with E-state index in [4.69, 9.17) is 10.5 Å². The fourth-order valence-corrected chi connectivity index (χ4v) is 2.01. The van der Waals surface area contributed by atoms with Gasteiger partial charge in [0.15, 0.2) is 0 Å². The van der Waals surface area contributed by atoms with Gasteiger partial charge < -0.3 is 15.8 Å². The number of methoxy groups -OCH3 is 1. The molecule has 0 aliphatic heterocycles. The van der Waals surface area contributed by atoms with Gasteiger partial charge in [-0.25, -0.2) is 0 Å². The summed E-state index contributed by atoms with van der Waals surface area (Å²) in [6.07, 6.45) is 2.62. The van der Waals surface area contributed by atoms with Crippen LogP contribution in [0.1, 0.15) is 24.8 Å². The van der Waals surface area contributed by atoms with Crippen LogP contribution in [0.15, 0.2) is 24.3 Å². The molecule has 0 fully saturated rings. The van der Waals surface area contributed by atoms with Crippen molar-refractivity contribution < 1.29 is 14.5 Å². The molecule has 23 heavy (non-hydrogen) atoms. The van der Waals surface area contributed by atoms with Crippen LogP contribution in [0.25, 0.3) is 0 Å². The summed E-state index contributed by atoms with van der Waals surface area (Å²) < 4.78 is 5.05. The van der Waals surface area contributed by atoms with Crippen molar-refractivity contribution in [2.75, 3.05) is 20.2 Å². The molecule has 1 amide bonds. The van der Waals surface area contributed by atoms with E-state index in [1.165, 1.54) is 19.2 Å². The molecular formula is C15H24ClN3O4. The summed E-state index contributed by atoms with van der Waals surface area (Å²) >= 11 is 0. The first-order valence-electron chi connectivity index (χ1n) is 7.29. The first-order valence-corrected chi connectivity index (χ1v) is 7.29. The second-order valence-corrected chi connectivity index (χ2v) is 5.03. The largest absolute Gasteiger partial charge is 0.380 e. The normalized spacial score (nSPS) is 11.4. The SMILES string of the molecule is COC(CN)CC(=O)NCCCCc1ccc([N+](=O)[O-])cc1.Cl. The third kappa shape index (κ3) is 8.49. The zero-order valence-electron chi connectivity index (χ0n) is 13.2. The summed E-state index contributed by atoms with van der Waals surface area (Å²) in [6, 6.07) is 6.55. The van der Waals surface area contributed by atoms with E-state index in [1.54, 1.807) is 12.1 Å². The van der Waals surface area contributed by atoms with Gasteiger partial charge in [-0.2, -0.15) is 0 Å². The number of non-ortho nitro benzene ring substituents is 1. The number of nitrogens with zero attached hydrogens (tertiary/aromatic N) is 1. The fraction of sp³-hybridized carbons (Fsp3) is 0.533. The molecule has 130 valence electrons. The zero-order chi connectivity index (χ0) is 16.4. The van der Waals surface area contributed by atoms with Crippen molar-refractivity contribution in [1.29, 1.82) is 0 Å². The number of halogens is 1.